The number of nitrogens with zero attached hydrogens (tertiary/aromatic N) is 1. The molecule has 1 fully saturated rings. The Labute approximate surface area is 88.0 Å². The van der Waals surface area contributed by atoms with Crippen LogP contribution in [0.4, 0.5) is 0 Å². The number of Topliss-reactive ketones (excluding diaryl/α,β-unsaturated/α-hetero) is 1. The zero-order chi connectivity index (χ0) is 10.0. The highest BCUT2D eigenvalue weighted by molar-refractivity contribution is 6.20. The average molecular weight is 197 g/mol. The summed E-state index contributed by atoms with van der Waals surface area (Å²) in [6, 6.07) is 8.09. The maximum absolute atomic E-state index is 11.9. The lowest BCUT2D eigenvalue weighted by Crippen LogP contribution is -2.30. The number of fused-ring (bicyclic) bond motifs is 1. The third-order valence-electron chi connectivity index (χ3n) is 4.16. The van der Waals surface area contributed by atoms with Crippen LogP contribution in [-0.2, 0) is 5.41 Å². The van der Waals surface area contributed by atoms with Crippen molar-refractivity contribution in [2.75, 3.05) is 6.54 Å². The smallest absolute Gasteiger partial charge is 0.168 e. The van der Waals surface area contributed by atoms with Crippen molar-refractivity contribution >= 4 is 11.5 Å². The van der Waals surface area contributed by atoms with Crippen molar-refractivity contribution in [3.8, 4) is 0 Å². The molecule has 1 spiro atoms. The molecule has 2 atom stereocenters. The Morgan fingerprint density at radius 3 is 3.07 bits per heavy atom. The maximum atomic E-state index is 11.9. The second kappa shape index (κ2) is 2.21. The number of rotatable bonds is 0. The molecule has 3 aliphatic rings. The fraction of sp³-hybridized carbons (Fsp3) is 0.385. The van der Waals surface area contributed by atoms with Crippen molar-refractivity contribution in [1.29, 1.82) is 0 Å². The van der Waals surface area contributed by atoms with E-state index in [2.05, 4.69) is 11.1 Å². The Hall–Kier alpha value is -1.44. The second-order valence-electron chi connectivity index (χ2n) is 4.81. The van der Waals surface area contributed by atoms with E-state index in [0.717, 1.165) is 17.8 Å². The molecule has 2 heteroatoms. The normalized spacial score (nSPS) is 35.3. The van der Waals surface area contributed by atoms with Crippen molar-refractivity contribution in [1.82, 2.24) is 0 Å². The van der Waals surface area contributed by atoms with Crippen molar-refractivity contribution in [2.45, 2.75) is 18.3 Å². The highest BCUT2D eigenvalue weighted by Gasteiger charge is 2.64. The molecule has 0 saturated heterocycles. The highest BCUT2D eigenvalue weighted by atomic mass is 16.1. The number of carbonyl (C=O) groups is 1. The minimum atomic E-state index is 0.199. The van der Waals surface area contributed by atoms with E-state index < -0.39 is 0 Å². The molecule has 0 amide bonds. The van der Waals surface area contributed by atoms with Crippen LogP contribution in [0.3, 0.4) is 0 Å². The van der Waals surface area contributed by atoms with Gasteiger partial charge in [-0.3, -0.25) is 9.79 Å². The van der Waals surface area contributed by atoms with Gasteiger partial charge in [0.1, 0.15) is 0 Å². The molecular weight excluding hydrogens is 186 g/mol. The molecule has 1 aromatic carbocycles. The molecule has 15 heavy (non-hydrogen) atoms. The largest absolute Gasteiger partial charge is 0.294 e. The van der Waals surface area contributed by atoms with Gasteiger partial charge in [0, 0.05) is 29.7 Å². The van der Waals surface area contributed by atoms with E-state index in [-0.39, 0.29) is 11.2 Å². The van der Waals surface area contributed by atoms with Crippen molar-refractivity contribution in [3.05, 3.63) is 35.4 Å². The number of ketones is 1. The van der Waals surface area contributed by atoms with E-state index in [0.29, 0.717) is 12.3 Å². The molecule has 0 bridgehead atoms. The van der Waals surface area contributed by atoms with Crippen LogP contribution in [0.5, 0.6) is 0 Å². The molecule has 4 rings (SSSR count). The van der Waals surface area contributed by atoms with Gasteiger partial charge in [0.25, 0.3) is 0 Å². The van der Waals surface area contributed by atoms with Gasteiger partial charge < -0.3 is 0 Å². The van der Waals surface area contributed by atoms with Crippen LogP contribution in [0.25, 0.3) is 0 Å². The quantitative estimate of drug-likeness (QED) is 0.625. The predicted octanol–water partition coefficient (Wildman–Crippen LogP) is 1.99. The summed E-state index contributed by atoms with van der Waals surface area (Å²) < 4.78 is 0. The van der Waals surface area contributed by atoms with Crippen LogP contribution < -0.4 is 0 Å². The molecule has 1 aliphatic heterocycles. The van der Waals surface area contributed by atoms with Crippen LogP contribution in [0.1, 0.15) is 28.8 Å². The van der Waals surface area contributed by atoms with Gasteiger partial charge in [-0.25, -0.2) is 0 Å². The first kappa shape index (κ1) is 7.80. The monoisotopic (exact) mass is 197 g/mol. The van der Waals surface area contributed by atoms with Crippen LogP contribution in [0, 0.1) is 5.92 Å². The fourth-order valence-electron chi connectivity index (χ4n) is 3.33. The van der Waals surface area contributed by atoms with Gasteiger partial charge in [-0.1, -0.05) is 24.3 Å². The average Bonchev–Trinajstić information content (AvgIpc) is 2.89. The summed E-state index contributed by atoms with van der Waals surface area (Å²) in [5.41, 5.74) is 3.56. The highest BCUT2D eigenvalue weighted by Crippen LogP contribution is 2.61. The standard InChI is InChI=1S/C13H11NO/c15-11-5-12-13(6-8(13)7-14-12)10-4-2-1-3-9(10)11/h1-4,8H,5-7H2. The fourth-order valence-corrected chi connectivity index (χ4v) is 3.33. The molecule has 1 heterocycles. The first-order valence-electron chi connectivity index (χ1n) is 5.49. The summed E-state index contributed by atoms with van der Waals surface area (Å²) in [6.07, 6.45) is 1.78. The van der Waals surface area contributed by atoms with Crippen LogP contribution >= 0.6 is 0 Å². The zero-order valence-corrected chi connectivity index (χ0v) is 8.36. The summed E-state index contributed by atoms with van der Waals surface area (Å²) in [4.78, 5) is 16.4. The first-order valence-corrected chi connectivity index (χ1v) is 5.49. The Bertz CT molecular complexity index is 517. The third-order valence-corrected chi connectivity index (χ3v) is 4.16. The van der Waals surface area contributed by atoms with Gasteiger partial charge in [0.05, 0.1) is 0 Å². The van der Waals surface area contributed by atoms with Gasteiger partial charge in [0.2, 0.25) is 0 Å². The molecule has 2 nitrogen and oxygen atoms in total. The number of carbonyl (C=O) groups excluding carboxylic acids is 1. The minimum Gasteiger partial charge on any atom is -0.294 e. The van der Waals surface area contributed by atoms with Gasteiger partial charge in [-0.15, -0.1) is 0 Å². The summed E-state index contributed by atoms with van der Waals surface area (Å²) in [6.45, 7) is 0.941. The van der Waals surface area contributed by atoms with Crippen LogP contribution in [-0.4, -0.2) is 18.0 Å². The molecule has 0 aromatic heterocycles. The van der Waals surface area contributed by atoms with E-state index in [1.807, 2.05) is 18.2 Å². The topological polar surface area (TPSA) is 29.4 Å². The van der Waals surface area contributed by atoms with E-state index in [9.17, 15) is 4.79 Å². The molecule has 1 aromatic rings. The summed E-state index contributed by atoms with van der Waals surface area (Å²) >= 11 is 0. The molecule has 74 valence electrons. The Kier molecular flexibility index (Phi) is 1.15. The number of hydrogen-bond donors (Lipinski definition) is 0. The van der Waals surface area contributed by atoms with Crippen molar-refractivity contribution in [2.24, 2.45) is 10.9 Å². The SMILES string of the molecule is O=C1CC2=NCC3CC23c2ccccc21. The van der Waals surface area contributed by atoms with E-state index in [1.165, 1.54) is 12.0 Å². The number of hydrogen-bond acceptors (Lipinski definition) is 2. The summed E-state index contributed by atoms with van der Waals surface area (Å²) in [5.74, 6) is 0.948. The summed E-state index contributed by atoms with van der Waals surface area (Å²) in [7, 11) is 0. The predicted molar refractivity (Wildman–Crippen MR) is 57.5 cm³/mol. The molecule has 2 unspecified atom stereocenters. The second-order valence-corrected chi connectivity index (χ2v) is 4.81. The maximum Gasteiger partial charge on any atom is 0.168 e. The van der Waals surface area contributed by atoms with Gasteiger partial charge in [-0.2, -0.15) is 0 Å². The molecule has 0 N–H and O–H groups in total. The molecule has 0 radical (unpaired) electrons. The van der Waals surface area contributed by atoms with Crippen molar-refractivity contribution in [3.63, 3.8) is 0 Å². The van der Waals surface area contributed by atoms with Crippen LogP contribution in [0.2, 0.25) is 0 Å². The zero-order valence-electron chi connectivity index (χ0n) is 8.36. The first-order chi connectivity index (χ1) is 7.32. The Morgan fingerprint density at radius 1 is 1.33 bits per heavy atom. The number of aliphatic imine (C=N–C) groups is 1. The lowest BCUT2D eigenvalue weighted by atomic mass is 9.77. The van der Waals surface area contributed by atoms with Gasteiger partial charge in [-0.05, 0) is 17.9 Å². The molecule has 1 saturated carbocycles. The van der Waals surface area contributed by atoms with Gasteiger partial charge in [0.15, 0.2) is 5.78 Å². The van der Waals surface area contributed by atoms with E-state index in [4.69, 9.17) is 0 Å². The molecular formula is C13H11NO. The third kappa shape index (κ3) is 0.738. The lowest BCUT2D eigenvalue weighted by Gasteiger charge is -2.24. The van der Waals surface area contributed by atoms with Crippen molar-refractivity contribution < 1.29 is 4.79 Å². The lowest BCUT2D eigenvalue weighted by molar-refractivity contribution is 0.0995. The minimum absolute atomic E-state index is 0.199. The van der Waals surface area contributed by atoms with E-state index >= 15 is 0 Å². The summed E-state index contributed by atoms with van der Waals surface area (Å²) in [5, 5.41) is 0. The molecule has 2 aliphatic carbocycles. The van der Waals surface area contributed by atoms with E-state index in [1.54, 1.807) is 0 Å². The van der Waals surface area contributed by atoms with Gasteiger partial charge >= 0.3 is 0 Å². The van der Waals surface area contributed by atoms with Crippen LogP contribution in [0.15, 0.2) is 29.3 Å². The number of benzene rings is 1. The Morgan fingerprint density at radius 2 is 2.20 bits per heavy atom. The Balaban J connectivity index is 2.04.